The lowest BCUT2D eigenvalue weighted by atomic mass is 10.1. The molecule has 0 saturated carbocycles. The first-order chi connectivity index (χ1) is 9.13. The molecule has 3 nitrogen and oxygen atoms in total. The summed E-state index contributed by atoms with van der Waals surface area (Å²) in [4.78, 5) is 2.22. The van der Waals surface area contributed by atoms with Gasteiger partial charge in [-0.1, -0.05) is 13.0 Å². The van der Waals surface area contributed by atoms with Gasteiger partial charge >= 0.3 is 0 Å². The topological polar surface area (TPSA) is 39.1 Å². The molecule has 1 aromatic carbocycles. The number of anilines is 1. The van der Waals surface area contributed by atoms with Crippen LogP contribution in [0.25, 0.3) is 0 Å². The molecule has 1 atom stereocenters. The van der Waals surface area contributed by atoms with Crippen LogP contribution in [0.4, 0.5) is 5.69 Å². The van der Waals surface area contributed by atoms with Crippen molar-refractivity contribution in [2.45, 2.75) is 33.2 Å². The smallest absolute Gasteiger partial charge is 0.0640 e. The highest BCUT2D eigenvalue weighted by Gasteiger charge is 2.11. The van der Waals surface area contributed by atoms with Gasteiger partial charge < -0.3 is 10.2 Å². The summed E-state index contributed by atoms with van der Waals surface area (Å²) in [5.41, 5.74) is 2.43. The van der Waals surface area contributed by atoms with E-state index in [-0.39, 0.29) is 0 Å². The van der Waals surface area contributed by atoms with Crippen LogP contribution in [-0.4, -0.2) is 19.6 Å². The molecule has 0 heterocycles. The first-order valence-electron chi connectivity index (χ1n) is 6.78. The van der Waals surface area contributed by atoms with Gasteiger partial charge in [0, 0.05) is 23.6 Å². The molecule has 0 aromatic heterocycles. The van der Waals surface area contributed by atoms with Gasteiger partial charge in [0.2, 0.25) is 0 Å². The summed E-state index contributed by atoms with van der Waals surface area (Å²) in [6.45, 7) is 9.03. The Kier molecular flexibility index (Phi) is 6.90. The monoisotopic (exact) mass is 323 g/mol. The third-order valence-electron chi connectivity index (χ3n) is 3.20. The van der Waals surface area contributed by atoms with Gasteiger partial charge in [0.05, 0.1) is 18.2 Å². The number of hydrogen-bond acceptors (Lipinski definition) is 3. The molecule has 0 aliphatic carbocycles. The van der Waals surface area contributed by atoms with Crippen molar-refractivity contribution in [1.82, 2.24) is 5.32 Å². The molecule has 0 saturated heterocycles. The molecule has 1 aromatic rings. The molecule has 0 aliphatic rings. The van der Waals surface area contributed by atoms with E-state index < -0.39 is 0 Å². The first kappa shape index (κ1) is 16.0. The second-order valence-electron chi connectivity index (χ2n) is 4.48. The summed E-state index contributed by atoms with van der Waals surface area (Å²) in [6, 6.07) is 9.01. The minimum Gasteiger partial charge on any atom is -0.370 e. The molecule has 0 fully saturated rings. The Bertz CT molecular complexity index is 440. The predicted octanol–water partition coefficient (Wildman–Crippen LogP) is 3.86. The number of benzene rings is 1. The van der Waals surface area contributed by atoms with Gasteiger partial charge in [-0.3, -0.25) is 0 Å². The minimum atomic E-state index is 0.351. The predicted molar refractivity (Wildman–Crippen MR) is 84.4 cm³/mol. The molecule has 104 valence electrons. The molecule has 0 bridgehead atoms. The Morgan fingerprint density at radius 2 is 2.16 bits per heavy atom. The lowest BCUT2D eigenvalue weighted by Crippen LogP contribution is -2.24. The lowest BCUT2D eigenvalue weighted by Gasteiger charge is -2.24. The second-order valence-corrected chi connectivity index (χ2v) is 5.33. The molecule has 1 rings (SSSR count). The Labute approximate surface area is 124 Å². The fourth-order valence-corrected chi connectivity index (χ4v) is 2.75. The van der Waals surface area contributed by atoms with Gasteiger partial charge in [0.1, 0.15) is 0 Å². The van der Waals surface area contributed by atoms with E-state index in [0.29, 0.717) is 12.5 Å². The van der Waals surface area contributed by atoms with Crippen LogP contribution in [0.15, 0.2) is 22.7 Å². The van der Waals surface area contributed by atoms with Crippen molar-refractivity contribution in [3.63, 3.8) is 0 Å². The molecule has 1 unspecified atom stereocenters. The fourth-order valence-electron chi connectivity index (χ4n) is 2.11. The molecule has 1 N–H and O–H groups in total. The highest BCUT2D eigenvalue weighted by molar-refractivity contribution is 9.10. The fraction of sp³-hybridized carbons (Fsp3) is 0.533. The van der Waals surface area contributed by atoms with Gasteiger partial charge in [0.25, 0.3) is 0 Å². The number of hydrogen-bond donors (Lipinski definition) is 1. The number of nitriles is 1. The molecule has 0 radical (unpaired) electrons. The van der Waals surface area contributed by atoms with Crippen molar-refractivity contribution < 1.29 is 0 Å². The molecule has 0 amide bonds. The van der Waals surface area contributed by atoms with Crippen LogP contribution >= 0.6 is 15.9 Å². The van der Waals surface area contributed by atoms with Crippen LogP contribution in [0, 0.1) is 11.3 Å². The van der Waals surface area contributed by atoms with Crippen LogP contribution in [0.1, 0.15) is 38.8 Å². The summed E-state index contributed by atoms with van der Waals surface area (Å²) in [7, 11) is 0. The Morgan fingerprint density at radius 3 is 2.68 bits per heavy atom. The van der Waals surface area contributed by atoms with Crippen LogP contribution in [-0.2, 0) is 0 Å². The van der Waals surface area contributed by atoms with Gasteiger partial charge in [-0.15, -0.1) is 0 Å². The quantitative estimate of drug-likeness (QED) is 0.828. The Morgan fingerprint density at radius 1 is 1.42 bits per heavy atom. The van der Waals surface area contributed by atoms with Crippen molar-refractivity contribution >= 4 is 21.6 Å². The van der Waals surface area contributed by atoms with Crippen molar-refractivity contribution in [1.29, 1.82) is 5.26 Å². The standard InChI is InChI=1S/C15H22BrN3/c1-4-18-12(3)13-7-8-15(14(16)11-13)19(5-2)10-6-9-17/h7-8,11-12,18H,4-6,10H2,1-3H3. The molecule has 0 aliphatic heterocycles. The summed E-state index contributed by atoms with van der Waals surface area (Å²) in [6.07, 6.45) is 0.551. The van der Waals surface area contributed by atoms with Gasteiger partial charge in [-0.25, -0.2) is 0 Å². The van der Waals surface area contributed by atoms with E-state index in [0.717, 1.165) is 29.8 Å². The molecular weight excluding hydrogens is 302 g/mol. The maximum absolute atomic E-state index is 8.71. The van der Waals surface area contributed by atoms with Crippen molar-refractivity contribution in [3.8, 4) is 6.07 Å². The molecule has 0 spiro atoms. The van der Waals surface area contributed by atoms with Crippen molar-refractivity contribution in [2.24, 2.45) is 0 Å². The van der Waals surface area contributed by atoms with E-state index in [1.165, 1.54) is 5.56 Å². The maximum atomic E-state index is 8.71. The highest BCUT2D eigenvalue weighted by atomic mass is 79.9. The average molecular weight is 324 g/mol. The third kappa shape index (κ3) is 4.52. The highest BCUT2D eigenvalue weighted by Crippen LogP contribution is 2.29. The average Bonchev–Trinajstić information content (AvgIpc) is 2.41. The van der Waals surface area contributed by atoms with Crippen molar-refractivity contribution in [2.75, 3.05) is 24.5 Å². The largest absolute Gasteiger partial charge is 0.370 e. The van der Waals surface area contributed by atoms with Crippen LogP contribution in [0.3, 0.4) is 0 Å². The normalized spacial score (nSPS) is 11.9. The Hall–Kier alpha value is -1.05. The number of nitrogens with one attached hydrogen (secondary N) is 1. The Balaban J connectivity index is 2.89. The number of halogens is 1. The van der Waals surface area contributed by atoms with E-state index in [1.807, 2.05) is 0 Å². The van der Waals surface area contributed by atoms with Crippen LogP contribution < -0.4 is 10.2 Å². The summed E-state index contributed by atoms with van der Waals surface area (Å²) < 4.78 is 1.09. The third-order valence-corrected chi connectivity index (χ3v) is 3.83. The SMILES string of the molecule is CCNC(C)c1ccc(N(CC)CCC#N)c(Br)c1. The van der Waals surface area contributed by atoms with Gasteiger partial charge in [0.15, 0.2) is 0 Å². The van der Waals surface area contributed by atoms with Crippen LogP contribution in [0.5, 0.6) is 0 Å². The summed E-state index contributed by atoms with van der Waals surface area (Å²) in [5.74, 6) is 0. The second kappa shape index (κ2) is 8.19. The molecular formula is C15H22BrN3. The summed E-state index contributed by atoms with van der Waals surface area (Å²) in [5, 5.41) is 12.1. The van der Waals surface area contributed by atoms with Crippen LogP contribution in [0.2, 0.25) is 0 Å². The number of nitrogens with zero attached hydrogens (tertiary/aromatic N) is 2. The summed E-state index contributed by atoms with van der Waals surface area (Å²) >= 11 is 3.65. The van der Waals surface area contributed by atoms with Gasteiger partial charge in [-0.2, -0.15) is 5.26 Å². The zero-order valence-electron chi connectivity index (χ0n) is 11.9. The maximum Gasteiger partial charge on any atom is 0.0640 e. The minimum absolute atomic E-state index is 0.351. The lowest BCUT2D eigenvalue weighted by molar-refractivity contribution is 0.598. The zero-order valence-corrected chi connectivity index (χ0v) is 13.5. The van der Waals surface area contributed by atoms with E-state index in [2.05, 4.69) is 71.2 Å². The molecule has 4 heteroatoms. The van der Waals surface area contributed by atoms with E-state index in [4.69, 9.17) is 5.26 Å². The van der Waals surface area contributed by atoms with E-state index in [9.17, 15) is 0 Å². The van der Waals surface area contributed by atoms with Gasteiger partial charge in [-0.05, 0) is 54.0 Å². The molecule has 19 heavy (non-hydrogen) atoms. The zero-order chi connectivity index (χ0) is 14.3. The van der Waals surface area contributed by atoms with E-state index >= 15 is 0 Å². The first-order valence-corrected chi connectivity index (χ1v) is 7.58. The van der Waals surface area contributed by atoms with Crippen molar-refractivity contribution in [3.05, 3.63) is 28.2 Å². The van der Waals surface area contributed by atoms with E-state index in [1.54, 1.807) is 0 Å². The number of rotatable bonds is 7.